The molecule has 0 heterocycles. The quantitative estimate of drug-likeness (QED) is 0.633. The highest BCUT2D eigenvalue weighted by Crippen LogP contribution is 2.39. The summed E-state index contributed by atoms with van der Waals surface area (Å²) in [5.41, 5.74) is 6.41. The van der Waals surface area contributed by atoms with E-state index in [1.807, 2.05) is 0 Å². The van der Waals surface area contributed by atoms with Gasteiger partial charge >= 0.3 is 0 Å². The standard InChI is InChI=1S/C12H20ClNOSi/c1-12(2,3)16(4,5)15-11-8-9(14)6-7-10(11)13/h6-8H,14H2,1-5H3. The summed E-state index contributed by atoms with van der Waals surface area (Å²) in [4.78, 5) is 0. The van der Waals surface area contributed by atoms with Crippen LogP contribution in [0.3, 0.4) is 0 Å². The highest BCUT2D eigenvalue weighted by atomic mass is 35.5. The van der Waals surface area contributed by atoms with E-state index in [9.17, 15) is 0 Å². The van der Waals surface area contributed by atoms with Gasteiger partial charge in [0.25, 0.3) is 8.32 Å². The molecule has 16 heavy (non-hydrogen) atoms. The van der Waals surface area contributed by atoms with Gasteiger partial charge in [0.15, 0.2) is 0 Å². The lowest BCUT2D eigenvalue weighted by atomic mass is 10.2. The second-order valence-corrected chi connectivity index (χ2v) is 10.7. The lowest BCUT2D eigenvalue weighted by Crippen LogP contribution is -2.43. The van der Waals surface area contributed by atoms with E-state index in [0.717, 1.165) is 0 Å². The van der Waals surface area contributed by atoms with Crippen LogP contribution in [-0.2, 0) is 0 Å². The number of benzene rings is 1. The minimum absolute atomic E-state index is 0.154. The van der Waals surface area contributed by atoms with Crippen molar-refractivity contribution >= 4 is 25.6 Å². The van der Waals surface area contributed by atoms with Crippen molar-refractivity contribution in [2.75, 3.05) is 5.73 Å². The number of anilines is 1. The maximum Gasteiger partial charge on any atom is 0.250 e. The zero-order valence-corrected chi connectivity index (χ0v) is 12.4. The lowest BCUT2D eigenvalue weighted by Gasteiger charge is -2.36. The van der Waals surface area contributed by atoms with Gasteiger partial charge in [0.2, 0.25) is 0 Å². The molecule has 0 amide bonds. The maximum absolute atomic E-state index is 6.10. The molecule has 2 nitrogen and oxygen atoms in total. The monoisotopic (exact) mass is 257 g/mol. The Hall–Kier alpha value is -0.673. The summed E-state index contributed by atoms with van der Waals surface area (Å²) in [6, 6.07) is 5.35. The Kier molecular flexibility index (Phi) is 3.60. The maximum atomic E-state index is 6.10. The predicted molar refractivity (Wildman–Crippen MR) is 73.7 cm³/mol. The summed E-state index contributed by atoms with van der Waals surface area (Å²) in [6.07, 6.45) is 0. The third-order valence-electron chi connectivity index (χ3n) is 3.13. The lowest BCUT2D eigenvalue weighted by molar-refractivity contribution is 0.492. The van der Waals surface area contributed by atoms with Crippen molar-refractivity contribution < 1.29 is 4.43 Å². The zero-order chi connectivity index (χ0) is 12.6. The fraction of sp³-hybridized carbons (Fsp3) is 0.500. The minimum atomic E-state index is -1.84. The average molecular weight is 258 g/mol. The van der Waals surface area contributed by atoms with Crippen molar-refractivity contribution in [1.82, 2.24) is 0 Å². The molecule has 2 N–H and O–H groups in total. The minimum Gasteiger partial charge on any atom is -0.542 e. The largest absolute Gasteiger partial charge is 0.542 e. The van der Waals surface area contributed by atoms with E-state index in [-0.39, 0.29) is 5.04 Å². The first kappa shape index (κ1) is 13.4. The molecule has 0 saturated heterocycles. The Balaban J connectivity index is 3.01. The second-order valence-electron chi connectivity index (χ2n) is 5.55. The molecular weight excluding hydrogens is 238 g/mol. The summed E-state index contributed by atoms with van der Waals surface area (Å²) >= 11 is 6.09. The van der Waals surface area contributed by atoms with Crippen LogP contribution in [0.4, 0.5) is 5.69 Å². The third kappa shape index (κ3) is 2.92. The van der Waals surface area contributed by atoms with E-state index in [1.165, 1.54) is 0 Å². The molecule has 0 bridgehead atoms. The Bertz CT molecular complexity index is 385. The van der Waals surface area contributed by atoms with Crippen LogP contribution in [0.5, 0.6) is 5.75 Å². The number of hydrogen-bond donors (Lipinski definition) is 1. The van der Waals surface area contributed by atoms with E-state index < -0.39 is 8.32 Å². The number of hydrogen-bond acceptors (Lipinski definition) is 2. The Morgan fingerprint density at radius 3 is 2.31 bits per heavy atom. The summed E-state index contributed by atoms with van der Waals surface area (Å²) in [5.74, 6) is 0.702. The van der Waals surface area contributed by atoms with Crippen molar-refractivity contribution in [3.05, 3.63) is 23.2 Å². The normalized spacial score (nSPS) is 12.6. The smallest absolute Gasteiger partial charge is 0.250 e. The molecule has 0 unspecified atom stereocenters. The van der Waals surface area contributed by atoms with Crippen LogP contribution in [-0.4, -0.2) is 8.32 Å². The van der Waals surface area contributed by atoms with Gasteiger partial charge in [0, 0.05) is 11.8 Å². The van der Waals surface area contributed by atoms with E-state index in [0.29, 0.717) is 16.5 Å². The van der Waals surface area contributed by atoms with Crippen molar-refractivity contribution in [2.45, 2.75) is 38.9 Å². The highest BCUT2D eigenvalue weighted by molar-refractivity contribution is 6.74. The fourth-order valence-corrected chi connectivity index (χ4v) is 2.27. The molecule has 1 rings (SSSR count). The van der Waals surface area contributed by atoms with Gasteiger partial charge in [-0.25, -0.2) is 0 Å². The molecule has 0 spiro atoms. The predicted octanol–water partition coefficient (Wildman–Crippen LogP) is 4.31. The van der Waals surface area contributed by atoms with Crippen LogP contribution in [0.2, 0.25) is 23.2 Å². The molecule has 1 aromatic carbocycles. The molecule has 0 saturated carbocycles. The van der Waals surface area contributed by atoms with Gasteiger partial charge in [-0.15, -0.1) is 0 Å². The van der Waals surface area contributed by atoms with Gasteiger partial charge in [0.05, 0.1) is 5.02 Å². The van der Waals surface area contributed by atoms with Gasteiger partial charge in [-0.1, -0.05) is 32.4 Å². The van der Waals surface area contributed by atoms with Gasteiger partial charge < -0.3 is 10.2 Å². The molecule has 0 radical (unpaired) electrons. The van der Waals surface area contributed by atoms with Gasteiger partial charge in [-0.05, 0) is 30.3 Å². The van der Waals surface area contributed by atoms with Crippen LogP contribution in [0, 0.1) is 0 Å². The molecular formula is C12H20ClNOSi. The molecule has 90 valence electrons. The van der Waals surface area contributed by atoms with Crippen molar-refractivity contribution in [2.24, 2.45) is 0 Å². The number of nitrogens with two attached hydrogens (primary N) is 1. The number of rotatable bonds is 2. The van der Waals surface area contributed by atoms with Crippen molar-refractivity contribution in [3.63, 3.8) is 0 Å². The zero-order valence-electron chi connectivity index (χ0n) is 10.6. The van der Waals surface area contributed by atoms with Crippen LogP contribution in [0.25, 0.3) is 0 Å². The van der Waals surface area contributed by atoms with E-state index in [4.69, 9.17) is 21.8 Å². The van der Waals surface area contributed by atoms with Gasteiger partial charge in [-0.2, -0.15) is 0 Å². The summed E-state index contributed by atoms with van der Waals surface area (Å²) in [5, 5.41) is 0.778. The number of nitrogen functional groups attached to an aromatic ring is 1. The summed E-state index contributed by atoms with van der Waals surface area (Å²) in [6.45, 7) is 11.0. The summed E-state index contributed by atoms with van der Waals surface area (Å²) in [7, 11) is -1.84. The van der Waals surface area contributed by atoms with Crippen LogP contribution >= 0.6 is 11.6 Å². The molecule has 4 heteroatoms. The third-order valence-corrected chi connectivity index (χ3v) is 7.78. The van der Waals surface area contributed by atoms with Crippen molar-refractivity contribution in [1.29, 1.82) is 0 Å². The van der Waals surface area contributed by atoms with Crippen LogP contribution in [0.15, 0.2) is 18.2 Å². The Morgan fingerprint density at radius 2 is 1.81 bits per heavy atom. The fourth-order valence-electron chi connectivity index (χ4n) is 1.03. The highest BCUT2D eigenvalue weighted by Gasteiger charge is 2.39. The molecule has 0 aliphatic rings. The first-order valence-corrected chi connectivity index (χ1v) is 8.66. The van der Waals surface area contributed by atoms with E-state index >= 15 is 0 Å². The molecule has 0 atom stereocenters. The van der Waals surface area contributed by atoms with Crippen LogP contribution < -0.4 is 10.2 Å². The Labute approximate surface area is 104 Å². The molecule has 0 aromatic heterocycles. The molecule has 0 aliphatic carbocycles. The number of halogens is 1. The SMILES string of the molecule is CC(C)(C)[Si](C)(C)Oc1cc(N)ccc1Cl. The first-order chi connectivity index (χ1) is 7.13. The molecule has 0 aliphatic heterocycles. The average Bonchev–Trinajstić information content (AvgIpc) is 2.09. The molecule has 1 aromatic rings. The molecule has 0 fully saturated rings. The van der Waals surface area contributed by atoms with Crippen LogP contribution in [0.1, 0.15) is 20.8 Å². The second kappa shape index (κ2) is 4.30. The topological polar surface area (TPSA) is 35.2 Å². The summed E-state index contributed by atoms with van der Waals surface area (Å²) < 4.78 is 6.10. The van der Waals surface area contributed by atoms with Gasteiger partial charge in [-0.3, -0.25) is 0 Å². The van der Waals surface area contributed by atoms with E-state index in [2.05, 4.69) is 33.9 Å². The van der Waals surface area contributed by atoms with E-state index in [1.54, 1.807) is 18.2 Å². The van der Waals surface area contributed by atoms with Crippen molar-refractivity contribution in [3.8, 4) is 5.75 Å². The first-order valence-electron chi connectivity index (χ1n) is 5.37. The Morgan fingerprint density at radius 1 is 1.25 bits per heavy atom. The van der Waals surface area contributed by atoms with Gasteiger partial charge in [0.1, 0.15) is 5.75 Å².